The van der Waals surface area contributed by atoms with Crippen LogP contribution in [0.2, 0.25) is 0 Å². The van der Waals surface area contributed by atoms with Gasteiger partial charge >= 0.3 is 0 Å². The van der Waals surface area contributed by atoms with Crippen molar-refractivity contribution in [3.05, 3.63) is 83.9 Å². The number of aliphatic hydroxyl groups is 1. The number of Topliss-reactive ketones (excluding diaryl/α,β-unsaturated/α-hetero) is 1. The van der Waals surface area contributed by atoms with E-state index >= 15 is 0 Å². The number of likely N-dealkylation sites (tertiary alicyclic amines) is 1. The van der Waals surface area contributed by atoms with Crippen molar-refractivity contribution in [2.24, 2.45) is 35.5 Å². The average molecular weight is 1340 g/mol. The Balaban J connectivity index is 1.13. The molecule has 0 saturated carbocycles. The number of hydrogen-bond acceptors (Lipinski definition) is 17. The highest BCUT2D eigenvalue weighted by Crippen LogP contribution is 2.31. The number of imide groups is 1. The van der Waals surface area contributed by atoms with E-state index in [2.05, 4.69) is 31.9 Å². The minimum absolute atomic E-state index is 0.00768. The molecule has 3 aliphatic heterocycles. The molecule has 530 valence electrons. The lowest BCUT2D eigenvalue weighted by Crippen LogP contribution is -2.61. The number of amides is 11. The third kappa shape index (κ3) is 22.8. The van der Waals surface area contributed by atoms with Crippen LogP contribution in [0.3, 0.4) is 0 Å². The Hall–Kier alpha value is -7.98. The molecule has 0 radical (unpaired) electrons. The molecule has 11 amide bonds. The van der Waals surface area contributed by atoms with E-state index in [0.29, 0.717) is 36.9 Å². The Labute approximate surface area is 563 Å². The number of carbonyl (C=O) groups excluding carboxylic acids is 12. The number of nitrogens with zero attached hydrogens (tertiary/aromatic N) is 4. The molecule has 5 rings (SSSR count). The lowest BCUT2D eigenvalue weighted by atomic mass is 9.89. The standard InChI is InChI=1S/C69H102N10O17/c1-13-43(6)63(53(93-11)33-59(86)78-29-20-25-51(78)65(94-12)44(7)66(89)73-45(8)64(88)48-23-18-15-19-24-48)77(10)69(92)61(41(2)3)75-68(91)62(42(4)5)76(9)60(87)36-72-67(90)50(31-46-21-16-14-17-22-46)74-56(83)35-71-55(82)34-70-54(81)32-47-37-95-39-49(40-96-38-47)52(80)28-30-79-57(84)26-27-58(79)85/h14-19,21-24,26-27,41-45,47,49-51,53,61-65,88H,13,20,25,28-40H2,1-12H3,(H,70,81)(H,71,82)(H,72,90)(H,73,89)(H,74,83)(H,75,91)/t43-,44+,45+,47?,49?,50-,51+,53+,61-,62-,63-,64+,65+/m0/s1. The van der Waals surface area contributed by atoms with Crippen molar-refractivity contribution < 1.29 is 81.6 Å². The van der Waals surface area contributed by atoms with Crippen molar-refractivity contribution >= 4 is 70.8 Å². The summed E-state index contributed by atoms with van der Waals surface area (Å²) in [6.45, 7) is 13.3. The second kappa shape index (κ2) is 38.7. The molecule has 0 aliphatic carbocycles. The third-order valence-corrected chi connectivity index (χ3v) is 18.2. The zero-order chi connectivity index (χ0) is 70.9. The summed E-state index contributed by atoms with van der Waals surface area (Å²) in [5, 5.41) is 26.9. The molecule has 27 nitrogen and oxygen atoms in total. The maximum Gasteiger partial charge on any atom is 0.253 e. The third-order valence-electron chi connectivity index (χ3n) is 18.2. The topological polar surface area (TPSA) is 347 Å². The van der Waals surface area contributed by atoms with Gasteiger partial charge in [0.25, 0.3) is 11.8 Å². The van der Waals surface area contributed by atoms with Gasteiger partial charge in [0.05, 0.1) is 101 Å². The number of rotatable bonds is 36. The monoisotopic (exact) mass is 1340 g/mol. The molecular formula is C69H102N10O17. The van der Waals surface area contributed by atoms with Crippen LogP contribution in [-0.2, 0) is 82.9 Å². The Morgan fingerprint density at radius 3 is 1.88 bits per heavy atom. The molecule has 0 aromatic heterocycles. The van der Waals surface area contributed by atoms with Crippen LogP contribution < -0.4 is 31.9 Å². The fourth-order valence-corrected chi connectivity index (χ4v) is 12.4. The molecule has 2 aromatic carbocycles. The molecule has 0 spiro atoms. The van der Waals surface area contributed by atoms with Gasteiger partial charge in [-0.3, -0.25) is 62.4 Å². The van der Waals surface area contributed by atoms with Crippen LogP contribution >= 0.6 is 0 Å². The van der Waals surface area contributed by atoms with Crippen molar-refractivity contribution in [1.82, 2.24) is 51.5 Å². The summed E-state index contributed by atoms with van der Waals surface area (Å²) < 4.78 is 23.5. The minimum Gasteiger partial charge on any atom is -0.386 e. The van der Waals surface area contributed by atoms with Gasteiger partial charge in [0.1, 0.15) is 23.9 Å². The molecule has 3 heterocycles. The van der Waals surface area contributed by atoms with Crippen molar-refractivity contribution in [3.63, 3.8) is 0 Å². The van der Waals surface area contributed by atoms with Gasteiger partial charge in [0.2, 0.25) is 53.2 Å². The number of likely N-dealkylation sites (N-methyl/N-ethyl adjacent to an activating group) is 2. The van der Waals surface area contributed by atoms with Crippen LogP contribution in [0.4, 0.5) is 0 Å². The van der Waals surface area contributed by atoms with Crippen LogP contribution in [0.15, 0.2) is 72.8 Å². The number of hydrogen-bond donors (Lipinski definition) is 7. The summed E-state index contributed by atoms with van der Waals surface area (Å²) in [5.74, 6) is -9.11. The largest absolute Gasteiger partial charge is 0.386 e. The maximum absolute atomic E-state index is 14.9. The predicted molar refractivity (Wildman–Crippen MR) is 353 cm³/mol. The highest BCUT2D eigenvalue weighted by Gasteiger charge is 2.44. The quantitative estimate of drug-likeness (QED) is 0.0474. The van der Waals surface area contributed by atoms with E-state index in [9.17, 15) is 62.6 Å². The second-order valence-corrected chi connectivity index (χ2v) is 26.0. The van der Waals surface area contributed by atoms with Crippen molar-refractivity contribution in [1.29, 1.82) is 0 Å². The van der Waals surface area contributed by atoms with Crippen LogP contribution in [0.1, 0.15) is 111 Å². The van der Waals surface area contributed by atoms with Gasteiger partial charge in [0, 0.05) is 78.7 Å². The number of nitrogens with one attached hydrogen (secondary N) is 6. The van der Waals surface area contributed by atoms with Crippen LogP contribution in [0.25, 0.3) is 0 Å². The summed E-state index contributed by atoms with van der Waals surface area (Å²) in [6, 6.07) is 12.6. The Kier molecular flexibility index (Phi) is 31.7. The summed E-state index contributed by atoms with van der Waals surface area (Å²) in [7, 11) is 6.02. The molecule has 2 fully saturated rings. The second-order valence-electron chi connectivity index (χ2n) is 26.0. The molecule has 0 unspecified atom stereocenters. The minimum atomic E-state index is -1.24. The average Bonchev–Trinajstić information content (AvgIpc) is 1.49. The first-order valence-corrected chi connectivity index (χ1v) is 33.2. The highest BCUT2D eigenvalue weighted by atomic mass is 16.5. The Morgan fingerprint density at radius 1 is 0.688 bits per heavy atom. The number of ether oxygens (including phenoxy) is 4. The summed E-state index contributed by atoms with van der Waals surface area (Å²) in [4.78, 5) is 166. The van der Waals surface area contributed by atoms with E-state index in [1.54, 1.807) is 96.0 Å². The molecule has 3 aliphatic rings. The van der Waals surface area contributed by atoms with E-state index < -0.39 is 157 Å². The first-order valence-electron chi connectivity index (χ1n) is 33.2. The first kappa shape index (κ1) is 78.7. The number of benzene rings is 2. The fourth-order valence-electron chi connectivity index (χ4n) is 12.4. The number of aliphatic hydroxyl groups excluding tert-OH is 1. The van der Waals surface area contributed by atoms with Gasteiger partial charge in [-0.15, -0.1) is 0 Å². The number of ketones is 1. The van der Waals surface area contributed by atoms with E-state index in [1.807, 2.05) is 32.0 Å². The van der Waals surface area contributed by atoms with E-state index in [4.69, 9.17) is 18.9 Å². The molecule has 2 saturated heterocycles. The van der Waals surface area contributed by atoms with Crippen molar-refractivity contribution in [2.45, 2.75) is 155 Å². The SMILES string of the molecule is CC[C@H](C)[C@@H]([C@@H](CC(=O)N1CCC[C@@H]1[C@H](OC)[C@@H](C)C(=O)N[C@H](C)[C@@H](O)c1ccccc1)OC)N(C)C(=O)[C@@H](NC(=O)[C@H](C(C)C)N(C)C(=O)CNC(=O)[C@H](Cc1ccccc1)NC(=O)CNC(=O)CNC(=O)CC1COCC(C(=O)CCN2C(=O)C=CC2=O)COC1)C(C)C. The molecular weight excluding hydrogens is 1240 g/mol. The van der Waals surface area contributed by atoms with E-state index in [0.717, 1.165) is 17.1 Å². The van der Waals surface area contributed by atoms with E-state index in [-0.39, 0.29) is 82.2 Å². The Morgan fingerprint density at radius 2 is 1.29 bits per heavy atom. The van der Waals surface area contributed by atoms with Crippen molar-refractivity contribution in [3.8, 4) is 0 Å². The smallest absolute Gasteiger partial charge is 0.253 e. The van der Waals surface area contributed by atoms with Gasteiger partial charge in [-0.05, 0) is 48.6 Å². The number of methoxy groups -OCH3 is 2. The van der Waals surface area contributed by atoms with E-state index in [1.165, 1.54) is 31.1 Å². The summed E-state index contributed by atoms with van der Waals surface area (Å²) >= 11 is 0. The van der Waals surface area contributed by atoms with Crippen LogP contribution in [-0.4, -0.2) is 231 Å². The van der Waals surface area contributed by atoms with Crippen LogP contribution in [0, 0.1) is 35.5 Å². The Bertz CT molecular complexity index is 2980. The highest BCUT2D eigenvalue weighted by molar-refractivity contribution is 6.13. The zero-order valence-electron chi connectivity index (χ0n) is 57.7. The molecule has 0 bridgehead atoms. The van der Waals surface area contributed by atoms with Gasteiger partial charge in [0.15, 0.2) is 0 Å². The summed E-state index contributed by atoms with van der Waals surface area (Å²) in [6.07, 6.45) is 1.46. The fraction of sp³-hybridized carbons (Fsp3) is 0.623. The lowest BCUT2D eigenvalue weighted by Gasteiger charge is -2.41. The molecule has 96 heavy (non-hydrogen) atoms. The van der Waals surface area contributed by atoms with Gasteiger partial charge < -0.3 is 70.7 Å². The van der Waals surface area contributed by atoms with Gasteiger partial charge in [-0.2, -0.15) is 0 Å². The number of carbonyl (C=O) groups is 12. The maximum atomic E-state index is 14.9. The van der Waals surface area contributed by atoms with Gasteiger partial charge in [-0.25, -0.2) is 0 Å². The predicted octanol–water partition coefficient (Wildman–Crippen LogP) is 1.40. The molecule has 7 N–H and O–H groups in total. The summed E-state index contributed by atoms with van der Waals surface area (Å²) in [5.41, 5.74) is 1.32. The van der Waals surface area contributed by atoms with Crippen molar-refractivity contribution in [2.75, 3.05) is 87.5 Å². The lowest BCUT2D eigenvalue weighted by molar-refractivity contribution is -0.148. The zero-order valence-corrected chi connectivity index (χ0v) is 57.7. The first-order chi connectivity index (χ1) is 45.6. The molecule has 11 atom stereocenters. The molecule has 2 aromatic rings. The van der Waals surface area contributed by atoms with Gasteiger partial charge in [-0.1, -0.05) is 116 Å². The normalized spacial score (nSPS) is 19.6. The molecule has 27 heteroatoms. The van der Waals surface area contributed by atoms with Crippen LogP contribution in [0.5, 0.6) is 0 Å².